The molecule has 104 valence electrons. The number of hydrogen-bond acceptors (Lipinski definition) is 4. The van der Waals surface area contributed by atoms with Gasteiger partial charge in [0.2, 0.25) is 0 Å². The van der Waals surface area contributed by atoms with E-state index in [-0.39, 0.29) is 6.61 Å². The van der Waals surface area contributed by atoms with Crippen LogP contribution in [-0.2, 0) is 5.75 Å². The van der Waals surface area contributed by atoms with Gasteiger partial charge in [0.1, 0.15) is 5.76 Å². The second-order valence-electron chi connectivity index (χ2n) is 4.38. The third-order valence-corrected chi connectivity index (χ3v) is 3.69. The van der Waals surface area contributed by atoms with E-state index in [4.69, 9.17) is 9.52 Å². The van der Waals surface area contributed by atoms with Gasteiger partial charge in [0.15, 0.2) is 0 Å². The van der Waals surface area contributed by atoms with Crippen molar-refractivity contribution in [2.45, 2.75) is 31.2 Å². The quantitative estimate of drug-likeness (QED) is 0.692. The van der Waals surface area contributed by atoms with Crippen LogP contribution >= 0.6 is 11.8 Å². The molecule has 0 saturated heterocycles. The van der Waals surface area contributed by atoms with E-state index in [0.29, 0.717) is 11.6 Å². The lowest BCUT2D eigenvalue weighted by Gasteiger charge is -1.98. The first-order chi connectivity index (χ1) is 9.69. The lowest BCUT2D eigenvalue weighted by molar-refractivity contribution is 0.305. The van der Waals surface area contributed by atoms with Crippen LogP contribution < -0.4 is 0 Å². The van der Waals surface area contributed by atoms with Gasteiger partial charge >= 0.3 is 0 Å². The summed E-state index contributed by atoms with van der Waals surface area (Å²) in [6, 6.07) is 8.09. The van der Waals surface area contributed by atoms with Crippen LogP contribution in [0.5, 0.6) is 0 Å². The van der Waals surface area contributed by atoms with Gasteiger partial charge in [0, 0.05) is 17.7 Å². The molecule has 0 amide bonds. The Labute approximate surface area is 123 Å². The van der Waals surface area contributed by atoms with Crippen LogP contribution in [-0.4, -0.2) is 16.7 Å². The standard InChI is InChI=1S/C16H17NO2S/c1-12-13(2)19-16(17-12)20-11-15-8-6-14(7-9-15)5-3-4-10-18/h6-9,18H,4,10-11H2,1-2H3. The van der Waals surface area contributed by atoms with Gasteiger partial charge in [-0.05, 0) is 31.5 Å². The molecule has 0 unspecified atom stereocenters. The van der Waals surface area contributed by atoms with Crippen molar-refractivity contribution in [3.05, 3.63) is 46.8 Å². The minimum absolute atomic E-state index is 0.108. The van der Waals surface area contributed by atoms with Gasteiger partial charge in [-0.3, -0.25) is 0 Å². The zero-order valence-corrected chi connectivity index (χ0v) is 12.5. The summed E-state index contributed by atoms with van der Waals surface area (Å²) < 4.78 is 5.53. The van der Waals surface area contributed by atoms with Crippen molar-refractivity contribution in [3.8, 4) is 11.8 Å². The van der Waals surface area contributed by atoms with E-state index >= 15 is 0 Å². The highest BCUT2D eigenvalue weighted by Crippen LogP contribution is 2.24. The summed E-state index contributed by atoms with van der Waals surface area (Å²) in [5.74, 6) is 7.62. The third kappa shape index (κ3) is 4.16. The monoisotopic (exact) mass is 287 g/mol. The molecule has 3 nitrogen and oxygen atoms in total. The van der Waals surface area contributed by atoms with Crippen LogP contribution in [0.2, 0.25) is 0 Å². The van der Waals surface area contributed by atoms with E-state index in [1.165, 1.54) is 5.56 Å². The number of benzene rings is 1. The number of aliphatic hydroxyl groups is 1. The number of thioether (sulfide) groups is 1. The third-order valence-electron chi connectivity index (χ3n) is 2.79. The average Bonchev–Trinajstić information content (AvgIpc) is 2.77. The number of aliphatic hydroxyl groups excluding tert-OH is 1. The summed E-state index contributed by atoms with van der Waals surface area (Å²) in [6.07, 6.45) is 0.514. The maximum atomic E-state index is 8.67. The number of rotatable bonds is 4. The second-order valence-corrected chi connectivity index (χ2v) is 5.31. The Morgan fingerprint density at radius 1 is 1.25 bits per heavy atom. The molecule has 0 aliphatic heterocycles. The largest absolute Gasteiger partial charge is 0.437 e. The van der Waals surface area contributed by atoms with Crippen molar-refractivity contribution in [3.63, 3.8) is 0 Å². The molecule has 1 aromatic heterocycles. The number of aromatic nitrogens is 1. The molecule has 0 saturated carbocycles. The molecule has 1 aromatic carbocycles. The van der Waals surface area contributed by atoms with Gasteiger partial charge in [0.25, 0.3) is 5.22 Å². The maximum absolute atomic E-state index is 8.67. The molecule has 2 aromatic rings. The van der Waals surface area contributed by atoms with Crippen molar-refractivity contribution in [1.29, 1.82) is 0 Å². The van der Waals surface area contributed by atoms with E-state index in [0.717, 1.165) is 22.8 Å². The van der Waals surface area contributed by atoms with Crippen molar-refractivity contribution < 1.29 is 9.52 Å². The predicted molar refractivity (Wildman–Crippen MR) is 80.6 cm³/mol. The second kappa shape index (κ2) is 7.18. The molecule has 0 spiro atoms. The topological polar surface area (TPSA) is 46.3 Å². The molecular formula is C16H17NO2S. The summed E-state index contributed by atoms with van der Waals surface area (Å²) in [7, 11) is 0. The summed E-state index contributed by atoms with van der Waals surface area (Å²) >= 11 is 1.59. The molecule has 1 N–H and O–H groups in total. The summed E-state index contributed by atoms with van der Waals surface area (Å²) in [6.45, 7) is 3.98. The highest BCUT2D eigenvalue weighted by Gasteiger charge is 2.06. The zero-order chi connectivity index (χ0) is 14.4. The highest BCUT2D eigenvalue weighted by atomic mass is 32.2. The molecule has 0 aliphatic rings. The van der Waals surface area contributed by atoms with Crippen LogP contribution in [0.25, 0.3) is 0 Å². The van der Waals surface area contributed by atoms with E-state index in [1.807, 2.05) is 26.0 Å². The summed E-state index contributed by atoms with van der Waals surface area (Å²) in [5, 5.41) is 9.38. The molecule has 0 fully saturated rings. The van der Waals surface area contributed by atoms with Crippen molar-refractivity contribution >= 4 is 11.8 Å². The zero-order valence-electron chi connectivity index (χ0n) is 11.6. The van der Waals surface area contributed by atoms with E-state index in [2.05, 4.69) is 29.0 Å². The Kier molecular flexibility index (Phi) is 5.28. The van der Waals surface area contributed by atoms with Crippen molar-refractivity contribution in [1.82, 2.24) is 4.98 Å². The molecule has 2 rings (SSSR count). The lowest BCUT2D eigenvalue weighted by Crippen LogP contribution is -1.83. The van der Waals surface area contributed by atoms with E-state index < -0.39 is 0 Å². The fourth-order valence-electron chi connectivity index (χ4n) is 1.55. The average molecular weight is 287 g/mol. The van der Waals surface area contributed by atoms with Gasteiger partial charge in [-0.15, -0.1) is 0 Å². The van der Waals surface area contributed by atoms with E-state index in [1.54, 1.807) is 11.8 Å². The van der Waals surface area contributed by atoms with Crippen LogP contribution in [0.1, 0.15) is 29.0 Å². The Balaban J connectivity index is 1.92. The van der Waals surface area contributed by atoms with E-state index in [9.17, 15) is 0 Å². The first kappa shape index (κ1) is 14.7. The molecule has 0 radical (unpaired) electrons. The predicted octanol–water partition coefficient (Wildman–Crippen LogP) is 3.32. The molecule has 4 heteroatoms. The van der Waals surface area contributed by atoms with Crippen LogP contribution in [0, 0.1) is 25.7 Å². The minimum Gasteiger partial charge on any atom is -0.437 e. The number of aryl methyl sites for hydroxylation is 2. The Hall–Kier alpha value is -1.70. The van der Waals surface area contributed by atoms with Crippen LogP contribution in [0.4, 0.5) is 0 Å². The van der Waals surface area contributed by atoms with Gasteiger partial charge in [0.05, 0.1) is 12.3 Å². The molecule has 0 bridgehead atoms. The Morgan fingerprint density at radius 3 is 2.60 bits per heavy atom. The summed E-state index contributed by atoms with van der Waals surface area (Å²) in [4.78, 5) is 4.34. The smallest absolute Gasteiger partial charge is 0.256 e. The molecule has 20 heavy (non-hydrogen) atoms. The van der Waals surface area contributed by atoms with Gasteiger partial charge in [-0.25, -0.2) is 4.98 Å². The van der Waals surface area contributed by atoms with Crippen molar-refractivity contribution in [2.75, 3.05) is 6.61 Å². The van der Waals surface area contributed by atoms with Gasteiger partial charge in [-0.1, -0.05) is 35.7 Å². The highest BCUT2D eigenvalue weighted by molar-refractivity contribution is 7.98. The first-order valence-corrected chi connectivity index (χ1v) is 7.43. The Bertz CT molecular complexity index is 601. The maximum Gasteiger partial charge on any atom is 0.256 e. The SMILES string of the molecule is Cc1nc(SCc2ccc(C#CCCO)cc2)oc1C. The number of hydrogen-bond donors (Lipinski definition) is 1. The fourth-order valence-corrected chi connectivity index (χ4v) is 2.42. The number of nitrogens with zero attached hydrogens (tertiary/aromatic N) is 1. The fraction of sp³-hybridized carbons (Fsp3) is 0.312. The molecule has 0 aliphatic carbocycles. The number of oxazole rings is 1. The van der Waals surface area contributed by atoms with Gasteiger partial charge in [-0.2, -0.15) is 0 Å². The van der Waals surface area contributed by atoms with Gasteiger partial charge < -0.3 is 9.52 Å². The van der Waals surface area contributed by atoms with Crippen molar-refractivity contribution in [2.24, 2.45) is 0 Å². The lowest BCUT2D eigenvalue weighted by atomic mass is 10.1. The first-order valence-electron chi connectivity index (χ1n) is 6.44. The Morgan fingerprint density at radius 2 is 2.00 bits per heavy atom. The minimum atomic E-state index is 0.108. The molecular weight excluding hydrogens is 270 g/mol. The summed E-state index contributed by atoms with van der Waals surface area (Å²) in [5.41, 5.74) is 3.12. The normalized spacial score (nSPS) is 10.2. The molecule has 1 heterocycles. The van der Waals surface area contributed by atoms with Crippen LogP contribution in [0.15, 0.2) is 33.9 Å². The van der Waals surface area contributed by atoms with Crippen LogP contribution in [0.3, 0.4) is 0 Å². The molecule has 0 atom stereocenters.